The Morgan fingerprint density at radius 1 is 0.769 bits per heavy atom. The summed E-state index contributed by atoms with van der Waals surface area (Å²) < 4.78 is 0. The van der Waals surface area contributed by atoms with E-state index in [1.54, 1.807) is 33.4 Å². The highest BCUT2D eigenvalue weighted by Gasteiger charge is 2.40. The number of fused-ring (bicyclic) bond motifs is 1. The van der Waals surface area contributed by atoms with Crippen LogP contribution in [0.1, 0.15) is 111 Å². The van der Waals surface area contributed by atoms with Crippen LogP contribution in [0, 0.1) is 38.5 Å². The van der Waals surface area contributed by atoms with Gasteiger partial charge in [-0.3, -0.25) is 0 Å². The van der Waals surface area contributed by atoms with Gasteiger partial charge in [0.25, 0.3) is 0 Å². The summed E-state index contributed by atoms with van der Waals surface area (Å²) in [7, 11) is 0. The van der Waals surface area contributed by atoms with E-state index in [1.807, 2.05) is 0 Å². The molecule has 0 amide bonds. The Balaban J connectivity index is 1.96. The second-order valence-corrected chi connectivity index (χ2v) is 9.48. The van der Waals surface area contributed by atoms with Gasteiger partial charge in [0.15, 0.2) is 0 Å². The second kappa shape index (κ2) is 8.49. The number of benzene rings is 1. The standard InChI is InChI=1S/C26H42/c1-7-10-11-25-19(6)24(9-3)17(4)18(5)26(25)23-15-21-13-12-20(8-2)14-22(21)16-23/h20-23H,7-16H2,1-6H3. The third-order valence-corrected chi connectivity index (χ3v) is 8.19. The average Bonchev–Trinajstić information content (AvgIpc) is 3.06. The number of hydrogen-bond acceptors (Lipinski definition) is 0. The minimum Gasteiger partial charge on any atom is -0.0654 e. The van der Waals surface area contributed by atoms with E-state index in [4.69, 9.17) is 0 Å². The lowest BCUT2D eigenvalue weighted by atomic mass is 9.75. The van der Waals surface area contributed by atoms with E-state index in [1.165, 1.54) is 64.2 Å². The van der Waals surface area contributed by atoms with Gasteiger partial charge in [-0.05, 0) is 123 Å². The van der Waals surface area contributed by atoms with E-state index in [-0.39, 0.29) is 0 Å². The smallest absolute Gasteiger partial charge is 0.0151 e. The van der Waals surface area contributed by atoms with Gasteiger partial charge in [0, 0.05) is 0 Å². The Morgan fingerprint density at radius 3 is 2.15 bits per heavy atom. The highest BCUT2D eigenvalue weighted by atomic mass is 14.4. The maximum absolute atomic E-state index is 2.44. The molecule has 0 bridgehead atoms. The fourth-order valence-electron chi connectivity index (χ4n) is 6.54. The first-order valence-corrected chi connectivity index (χ1v) is 11.6. The molecule has 3 rings (SSSR count). The van der Waals surface area contributed by atoms with Crippen molar-refractivity contribution in [2.24, 2.45) is 17.8 Å². The Labute approximate surface area is 163 Å². The minimum atomic E-state index is 0.843. The number of unbranched alkanes of at least 4 members (excludes halogenated alkanes) is 1. The van der Waals surface area contributed by atoms with Crippen molar-refractivity contribution in [1.29, 1.82) is 0 Å². The molecule has 2 aliphatic carbocycles. The predicted octanol–water partition coefficient (Wildman–Crippen LogP) is 7.84. The van der Waals surface area contributed by atoms with E-state index in [0.29, 0.717) is 0 Å². The normalized spacial score (nSPS) is 28.4. The highest BCUT2D eigenvalue weighted by Crippen LogP contribution is 2.52. The van der Waals surface area contributed by atoms with Crippen LogP contribution in [0.4, 0.5) is 0 Å². The lowest BCUT2D eigenvalue weighted by molar-refractivity contribution is 0.204. The van der Waals surface area contributed by atoms with Gasteiger partial charge in [0.05, 0.1) is 0 Å². The molecule has 26 heavy (non-hydrogen) atoms. The van der Waals surface area contributed by atoms with Crippen LogP contribution >= 0.6 is 0 Å². The first-order chi connectivity index (χ1) is 12.5. The van der Waals surface area contributed by atoms with E-state index >= 15 is 0 Å². The number of hydrogen-bond donors (Lipinski definition) is 0. The zero-order valence-electron chi connectivity index (χ0n) is 18.4. The summed E-state index contributed by atoms with van der Waals surface area (Å²) in [4.78, 5) is 0. The maximum atomic E-state index is 2.44. The topological polar surface area (TPSA) is 0 Å². The summed E-state index contributed by atoms with van der Waals surface area (Å²) in [6.45, 7) is 14.3. The SMILES string of the molecule is CCCCc1c(C)c(CC)c(C)c(C)c1C1CC2CCC(CC)CC2C1. The minimum absolute atomic E-state index is 0.843. The van der Waals surface area contributed by atoms with Gasteiger partial charge in [0.2, 0.25) is 0 Å². The van der Waals surface area contributed by atoms with Crippen LogP contribution in [0.3, 0.4) is 0 Å². The molecule has 0 heteroatoms. The van der Waals surface area contributed by atoms with E-state index < -0.39 is 0 Å². The Bertz CT molecular complexity index is 624. The molecule has 0 N–H and O–H groups in total. The summed E-state index contributed by atoms with van der Waals surface area (Å²) in [5.74, 6) is 3.90. The molecule has 4 unspecified atom stereocenters. The maximum Gasteiger partial charge on any atom is -0.0151 e. The Hall–Kier alpha value is -0.780. The van der Waals surface area contributed by atoms with Crippen molar-refractivity contribution in [2.75, 3.05) is 0 Å². The van der Waals surface area contributed by atoms with Crippen molar-refractivity contribution in [2.45, 2.75) is 112 Å². The molecule has 1 aromatic carbocycles. The predicted molar refractivity (Wildman–Crippen MR) is 115 cm³/mol. The molecule has 0 heterocycles. The molecule has 1 aromatic rings. The summed E-state index contributed by atoms with van der Waals surface area (Å²) in [5, 5.41) is 0. The van der Waals surface area contributed by atoms with Crippen LogP contribution in [0.15, 0.2) is 0 Å². The number of rotatable bonds is 6. The molecule has 0 aliphatic heterocycles. The third-order valence-electron chi connectivity index (χ3n) is 8.19. The van der Waals surface area contributed by atoms with Gasteiger partial charge in [-0.25, -0.2) is 0 Å². The van der Waals surface area contributed by atoms with Gasteiger partial charge >= 0.3 is 0 Å². The quantitative estimate of drug-likeness (QED) is 0.488. The van der Waals surface area contributed by atoms with Gasteiger partial charge in [-0.2, -0.15) is 0 Å². The third kappa shape index (κ3) is 3.63. The van der Waals surface area contributed by atoms with Crippen molar-refractivity contribution in [3.05, 3.63) is 33.4 Å². The second-order valence-electron chi connectivity index (χ2n) is 9.48. The van der Waals surface area contributed by atoms with Gasteiger partial charge in [0.1, 0.15) is 0 Å². The van der Waals surface area contributed by atoms with Crippen LogP contribution in [0.5, 0.6) is 0 Å². The van der Waals surface area contributed by atoms with E-state index in [0.717, 1.165) is 23.7 Å². The molecule has 2 saturated carbocycles. The molecular weight excluding hydrogens is 312 g/mol. The van der Waals surface area contributed by atoms with E-state index in [9.17, 15) is 0 Å². The summed E-state index contributed by atoms with van der Waals surface area (Å²) in [5.41, 5.74) is 10.1. The zero-order chi connectivity index (χ0) is 18.8. The first kappa shape index (κ1) is 20.0. The molecule has 0 saturated heterocycles. The molecule has 2 fully saturated rings. The fraction of sp³-hybridized carbons (Fsp3) is 0.769. The molecule has 0 nitrogen and oxygen atoms in total. The van der Waals surface area contributed by atoms with Crippen LogP contribution < -0.4 is 0 Å². The molecule has 146 valence electrons. The van der Waals surface area contributed by atoms with E-state index in [2.05, 4.69) is 41.5 Å². The molecule has 4 atom stereocenters. The molecule has 0 aromatic heterocycles. The molecule has 2 aliphatic rings. The van der Waals surface area contributed by atoms with Gasteiger partial charge in [-0.15, -0.1) is 0 Å². The Kier molecular flexibility index (Phi) is 6.52. The lowest BCUT2D eigenvalue weighted by Gasteiger charge is -2.31. The molecular formula is C26H42. The zero-order valence-corrected chi connectivity index (χ0v) is 18.4. The van der Waals surface area contributed by atoms with Crippen LogP contribution in [-0.2, 0) is 12.8 Å². The summed E-state index contributed by atoms with van der Waals surface area (Å²) >= 11 is 0. The summed E-state index contributed by atoms with van der Waals surface area (Å²) in [6, 6.07) is 0. The van der Waals surface area contributed by atoms with Crippen molar-refractivity contribution in [1.82, 2.24) is 0 Å². The fourth-order valence-corrected chi connectivity index (χ4v) is 6.54. The largest absolute Gasteiger partial charge is 0.0654 e. The van der Waals surface area contributed by atoms with Gasteiger partial charge in [-0.1, -0.05) is 40.0 Å². The van der Waals surface area contributed by atoms with Crippen molar-refractivity contribution in [3.63, 3.8) is 0 Å². The lowest BCUT2D eigenvalue weighted by Crippen LogP contribution is -2.19. The van der Waals surface area contributed by atoms with Gasteiger partial charge < -0.3 is 0 Å². The van der Waals surface area contributed by atoms with Crippen molar-refractivity contribution in [3.8, 4) is 0 Å². The summed E-state index contributed by atoms with van der Waals surface area (Å²) in [6.07, 6.45) is 14.0. The Morgan fingerprint density at radius 2 is 1.50 bits per heavy atom. The van der Waals surface area contributed by atoms with Crippen LogP contribution in [0.25, 0.3) is 0 Å². The van der Waals surface area contributed by atoms with Crippen molar-refractivity contribution >= 4 is 0 Å². The average molecular weight is 355 g/mol. The molecule has 0 spiro atoms. The van der Waals surface area contributed by atoms with Crippen LogP contribution in [0.2, 0.25) is 0 Å². The highest BCUT2D eigenvalue weighted by molar-refractivity contribution is 5.52. The van der Waals surface area contributed by atoms with Crippen molar-refractivity contribution < 1.29 is 0 Å². The monoisotopic (exact) mass is 354 g/mol. The van der Waals surface area contributed by atoms with Crippen LogP contribution in [-0.4, -0.2) is 0 Å². The first-order valence-electron chi connectivity index (χ1n) is 11.6. The molecule has 0 radical (unpaired) electrons.